The second kappa shape index (κ2) is 2.85. The van der Waals surface area contributed by atoms with Gasteiger partial charge in [-0.25, -0.2) is 8.78 Å². The minimum atomic E-state index is -2.25. The molecule has 0 radical (unpaired) electrons. The minimum absolute atomic E-state index is 0.118. The molecule has 1 rings (SSSR count). The molecule has 1 fully saturated rings. The van der Waals surface area contributed by atoms with Crippen LogP contribution in [0.25, 0.3) is 0 Å². The molecule has 0 nitrogen and oxygen atoms in total. The van der Waals surface area contributed by atoms with Crippen molar-refractivity contribution in [1.29, 1.82) is 0 Å². The molecule has 0 unspecified atom stereocenters. The molecule has 62 valence electrons. The maximum absolute atomic E-state index is 11.1. The fourth-order valence-corrected chi connectivity index (χ4v) is 0.0945. The van der Waals surface area contributed by atoms with Gasteiger partial charge in [0.05, 0.1) is 0 Å². The molecule has 1 saturated carbocycles. The third-order valence-corrected chi connectivity index (χ3v) is 0.628. The van der Waals surface area contributed by atoms with Gasteiger partial charge in [0, 0.05) is 12.8 Å². The van der Waals surface area contributed by atoms with Gasteiger partial charge >= 0.3 is 0 Å². The monoisotopic (exact) mass is 150 g/mol. The average Bonchev–Trinajstić information content (AvgIpc) is 2.11. The Bertz CT molecular complexity index is 84.2. The third-order valence-electron chi connectivity index (χ3n) is 0.628. The maximum atomic E-state index is 11.1. The van der Waals surface area contributed by atoms with E-state index in [1.165, 1.54) is 0 Å². The first-order chi connectivity index (χ1) is 4.21. The summed E-state index contributed by atoms with van der Waals surface area (Å²) >= 11 is 0. The highest BCUT2D eigenvalue weighted by Crippen LogP contribution is 2.40. The lowest BCUT2D eigenvalue weighted by Crippen LogP contribution is -1.93. The molecular weight excluding hydrogens is 134 g/mol. The summed E-state index contributed by atoms with van der Waals surface area (Å²) in [6.07, 6.45) is 0.236. The highest BCUT2D eigenvalue weighted by molar-refractivity contribution is 4.81. The predicted octanol–water partition coefficient (Wildman–Crippen LogP) is 3.47. The van der Waals surface area contributed by atoms with Crippen LogP contribution in [-0.2, 0) is 0 Å². The van der Waals surface area contributed by atoms with Gasteiger partial charge in [0.15, 0.2) is 0 Å². The second-order valence-corrected chi connectivity index (χ2v) is 4.36. The van der Waals surface area contributed by atoms with Crippen LogP contribution in [0.5, 0.6) is 0 Å². The number of halogens is 2. The predicted molar refractivity (Wildman–Crippen MR) is 39.3 cm³/mol. The molecule has 0 bridgehead atoms. The standard InChI is InChI=1S/C5H12.C3H4F2/c1-5(2,3)4;4-3(5)1-2-3/h1-4H3;1-2H2. The fourth-order valence-electron chi connectivity index (χ4n) is 0.0945. The van der Waals surface area contributed by atoms with Gasteiger partial charge in [-0.3, -0.25) is 0 Å². The Hall–Kier alpha value is -0.140. The maximum Gasteiger partial charge on any atom is 0.248 e. The highest BCUT2D eigenvalue weighted by Gasteiger charge is 2.43. The Labute approximate surface area is 61.6 Å². The highest BCUT2D eigenvalue weighted by atomic mass is 19.3. The van der Waals surface area contributed by atoms with Gasteiger partial charge in [0.2, 0.25) is 5.92 Å². The van der Waals surface area contributed by atoms with Crippen molar-refractivity contribution in [2.75, 3.05) is 0 Å². The fraction of sp³-hybridized carbons (Fsp3) is 1.00. The van der Waals surface area contributed by atoms with E-state index in [2.05, 4.69) is 27.7 Å². The zero-order valence-electron chi connectivity index (χ0n) is 7.17. The number of hydrogen-bond donors (Lipinski definition) is 0. The molecular formula is C8H16F2. The summed E-state index contributed by atoms with van der Waals surface area (Å²) in [5.74, 6) is -2.25. The van der Waals surface area contributed by atoms with Crippen molar-refractivity contribution in [3.63, 3.8) is 0 Å². The minimum Gasteiger partial charge on any atom is -0.207 e. The summed E-state index contributed by atoms with van der Waals surface area (Å²) in [5, 5.41) is 0. The van der Waals surface area contributed by atoms with Crippen LogP contribution < -0.4 is 0 Å². The number of alkyl halides is 2. The van der Waals surface area contributed by atoms with E-state index in [9.17, 15) is 8.78 Å². The van der Waals surface area contributed by atoms with Crippen LogP contribution >= 0.6 is 0 Å². The van der Waals surface area contributed by atoms with Crippen LogP contribution in [0.3, 0.4) is 0 Å². The van der Waals surface area contributed by atoms with E-state index in [1.807, 2.05) is 0 Å². The van der Waals surface area contributed by atoms with Crippen molar-refractivity contribution in [1.82, 2.24) is 0 Å². The zero-order chi connectivity index (χ0) is 8.41. The Morgan fingerprint density at radius 1 is 1.00 bits per heavy atom. The third kappa shape index (κ3) is 15.7. The van der Waals surface area contributed by atoms with Gasteiger partial charge in [-0.1, -0.05) is 27.7 Å². The smallest absolute Gasteiger partial charge is 0.207 e. The molecule has 0 aromatic carbocycles. The Morgan fingerprint density at radius 2 is 1.10 bits per heavy atom. The molecule has 0 spiro atoms. The zero-order valence-corrected chi connectivity index (χ0v) is 7.17. The van der Waals surface area contributed by atoms with Gasteiger partial charge in [-0.2, -0.15) is 0 Å². The van der Waals surface area contributed by atoms with Crippen LogP contribution in [0.15, 0.2) is 0 Å². The SMILES string of the molecule is CC(C)(C)C.FC1(F)CC1. The van der Waals surface area contributed by atoms with Crippen LogP contribution in [-0.4, -0.2) is 5.92 Å². The van der Waals surface area contributed by atoms with E-state index in [-0.39, 0.29) is 12.8 Å². The quantitative estimate of drug-likeness (QED) is 0.496. The summed E-state index contributed by atoms with van der Waals surface area (Å²) in [6.45, 7) is 8.75. The van der Waals surface area contributed by atoms with Gasteiger partial charge in [-0.15, -0.1) is 0 Å². The van der Waals surface area contributed by atoms with E-state index in [0.717, 1.165) is 0 Å². The number of rotatable bonds is 0. The summed E-state index contributed by atoms with van der Waals surface area (Å²) in [7, 11) is 0. The van der Waals surface area contributed by atoms with Crippen LogP contribution in [0, 0.1) is 5.41 Å². The molecule has 1 aliphatic rings. The van der Waals surface area contributed by atoms with Gasteiger partial charge in [0.1, 0.15) is 0 Å². The molecule has 0 amide bonds. The molecule has 0 N–H and O–H groups in total. The molecule has 0 saturated heterocycles. The Balaban J connectivity index is 0.000000162. The van der Waals surface area contributed by atoms with Gasteiger partial charge < -0.3 is 0 Å². The van der Waals surface area contributed by atoms with Crippen molar-refractivity contribution < 1.29 is 8.78 Å². The lowest BCUT2D eigenvalue weighted by atomic mass is 10.0. The van der Waals surface area contributed by atoms with Gasteiger partial charge in [-0.05, 0) is 5.41 Å². The van der Waals surface area contributed by atoms with E-state index >= 15 is 0 Å². The first-order valence-electron chi connectivity index (χ1n) is 3.59. The summed E-state index contributed by atoms with van der Waals surface area (Å²) < 4.78 is 22.3. The summed E-state index contributed by atoms with van der Waals surface area (Å²) in [6, 6.07) is 0. The lowest BCUT2D eigenvalue weighted by Gasteiger charge is -2.05. The molecule has 0 aromatic heterocycles. The van der Waals surface area contributed by atoms with Crippen molar-refractivity contribution in [3.8, 4) is 0 Å². The molecule has 1 aliphatic carbocycles. The van der Waals surface area contributed by atoms with E-state index in [1.54, 1.807) is 0 Å². The van der Waals surface area contributed by atoms with Crippen LogP contribution in [0.1, 0.15) is 40.5 Å². The van der Waals surface area contributed by atoms with Crippen LogP contribution in [0.2, 0.25) is 0 Å². The Kier molecular flexibility index (Phi) is 2.81. The molecule has 2 heteroatoms. The van der Waals surface area contributed by atoms with Crippen molar-refractivity contribution in [3.05, 3.63) is 0 Å². The first-order valence-corrected chi connectivity index (χ1v) is 3.59. The largest absolute Gasteiger partial charge is 0.248 e. The molecule has 0 aliphatic heterocycles. The summed E-state index contributed by atoms with van der Waals surface area (Å²) in [4.78, 5) is 0. The Morgan fingerprint density at radius 3 is 1.10 bits per heavy atom. The molecule has 0 heterocycles. The van der Waals surface area contributed by atoms with E-state index < -0.39 is 5.92 Å². The second-order valence-electron chi connectivity index (χ2n) is 4.36. The average molecular weight is 150 g/mol. The lowest BCUT2D eigenvalue weighted by molar-refractivity contribution is 0.120. The van der Waals surface area contributed by atoms with Crippen molar-refractivity contribution >= 4 is 0 Å². The first kappa shape index (κ1) is 9.86. The topological polar surface area (TPSA) is 0 Å². The van der Waals surface area contributed by atoms with Gasteiger partial charge in [0.25, 0.3) is 0 Å². The molecule has 10 heavy (non-hydrogen) atoms. The van der Waals surface area contributed by atoms with E-state index in [0.29, 0.717) is 5.41 Å². The molecule has 0 aromatic rings. The summed E-state index contributed by atoms with van der Waals surface area (Å²) in [5.41, 5.74) is 0.500. The number of hydrogen-bond acceptors (Lipinski definition) is 0. The van der Waals surface area contributed by atoms with Crippen molar-refractivity contribution in [2.24, 2.45) is 5.41 Å². The van der Waals surface area contributed by atoms with E-state index in [4.69, 9.17) is 0 Å². The molecule has 0 atom stereocenters. The normalized spacial score (nSPS) is 21.0. The van der Waals surface area contributed by atoms with Crippen LogP contribution in [0.4, 0.5) is 8.78 Å². The van der Waals surface area contributed by atoms with Crippen molar-refractivity contribution in [2.45, 2.75) is 46.5 Å².